The first-order valence-corrected chi connectivity index (χ1v) is 5.07. The standard InChI is InChI=1S/C7H13O3P/c1-3-5-6-10-11(8,9)7-4-2/h3-4H,1-2,5-7H2,(H,8,9). The molecule has 0 bridgehead atoms. The molecule has 0 radical (unpaired) electrons. The Bertz CT molecular complexity index is 177. The second-order valence-corrected chi connectivity index (χ2v) is 3.92. The van der Waals surface area contributed by atoms with E-state index in [0.717, 1.165) is 0 Å². The first kappa shape index (κ1) is 10.6. The summed E-state index contributed by atoms with van der Waals surface area (Å²) in [6, 6.07) is 0. The average molecular weight is 176 g/mol. The van der Waals surface area contributed by atoms with Crippen molar-refractivity contribution >= 4 is 7.60 Å². The highest BCUT2D eigenvalue weighted by molar-refractivity contribution is 7.53. The summed E-state index contributed by atoms with van der Waals surface area (Å²) in [5.74, 6) is 0. The normalized spacial score (nSPS) is 15.4. The fourth-order valence-electron chi connectivity index (χ4n) is 0.495. The summed E-state index contributed by atoms with van der Waals surface area (Å²) in [7, 11) is -3.39. The summed E-state index contributed by atoms with van der Waals surface area (Å²) in [5, 5.41) is 0. The van der Waals surface area contributed by atoms with Crippen molar-refractivity contribution in [3.8, 4) is 0 Å². The molecule has 0 amide bonds. The van der Waals surface area contributed by atoms with Gasteiger partial charge in [-0.15, -0.1) is 13.2 Å². The Hall–Kier alpha value is -0.370. The molecule has 1 N–H and O–H groups in total. The zero-order valence-electron chi connectivity index (χ0n) is 6.40. The third-order valence-electron chi connectivity index (χ3n) is 0.975. The molecule has 0 aromatic rings. The molecule has 0 aliphatic heterocycles. The second kappa shape index (κ2) is 5.30. The second-order valence-electron chi connectivity index (χ2n) is 2.02. The molecule has 0 heterocycles. The molecule has 3 nitrogen and oxygen atoms in total. The number of rotatable bonds is 6. The molecule has 0 fully saturated rings. The highest BCUT2D eigenvalue weighted by atomic mass is 31.2. The van der Waals surface area contributed by atoms with Crippen LogP contribution < -0.4 is 0 Å². The molecule has 0 rings (SSSR count). The maximum absolute atomic E-state index is 10.9. The van der Waals surface area contributed by atoms with Crippen molar-refractivity contribution in [1.29, 1.82) is 0 Å². The van der Waals surface area contributed by atoms with Crippen LogP contribution >= 0.6 is 7.60 Å². The van der Waals surface area contributed by atoms with Gasteiger partial charge < -0.3 is 9.42 Å². The summed E-state index contributed by atoms with van der Waals surface area (Å²) in [6.07, 6.45) is 3.59. The lowest BCUT2D eigenvalue weighted by molar-refractivity contribution is 0.267. The minimum Gasteiger partial charge on any atom is -0.324 e. The summed E-state index contributed by atoms with van der Waals surface area (Å²) in [6.45, 7) is 7.04. The molecule has 4 heteroatoms. The largest absolute Gasteiger partial charge is 0.331 e. The molecule has 0 aliphatic carbocycles. The van der Waals surface area contributed by atoms with E-state index in [1.54, 1.807) is 6.08 Å². The lowest BCUT2D eigenvalue weighted by Crippen LogP contribution is -1.93. The molecule has 0 aromatic heterocycles. The van der Waals surface area contributed by atoms with Crippen LogP contribution in [0.1, 0.15) is 6.42 Å². The van der Waals surface area contributed by atoms with Crippen LogP contribution in [0.5, 0.6) is 0 Å². The summed E-state index contributed by atoms with van der Waals surface area (Å²) >= 11 is 0. The molecule has 11 heavy (non-hydrogen) atoms. The number of hydrogen-bond acceptors (Lipinski definition) is 2. The molecular formula is C7H13O3P. The van der Waals surface area contributed by atoms with Gasteiger partial charge in [0.1, 0.15) is 0 Å². The van der Waals surface area contributed by atoms with Crippen molar-refractivity contribution < 1.29 is 14.0 Å². The Morgan fingerprint density at radius 3 is 2.55 bits per heavy atom. The molecule has 0 saturated carbocycles. The predicted octanol–water partition coefficient (Wildman–Crippen LogP) is 1.95. The van der Waals surface area contributed by atoms with Crippen LogP contribution in [0.25, 0.3) is 0 Å². The third-order valence-corrected chi connectivity index (χ3v) is 2.28. The first-order chi connectivity index (χ1) is 5.12. The van der Waals surface area contributed by atoms with Crippen molar-refractivity contribution in [3.63, 3.8) is 0 Å². The van der Waals surface area contributed by atoms with Gasteiger partial charge in [0, 0.05) is 0 Å². The van der Waals surface area contributed by atoms with Gasteiger partial charge in [-0.2, -0.15) is 0 Å². The van der Waals surface area contributed by atoms with E-state index < -0.39 is 7.60 Å². The molecule has 64 valence electrons. The van der Waals surface area contributed by atoms with Gasteiger partial charge in [-0.3, -0.25) is 4.57 Å². The van der Waals surface area contributed by atoms with Crippen molar-refractivity contribution in [1.82, 2.24) is 0 Å². The van der Waals surface area contributed by atoms with Crippen LogP contribution in [0.2, 0.25) is 0 Å². The minimum atomic E-state index is -3.39. The quantitative estimate of drug-likeness (QED) is 0.382. The lowest BCUT2D eigenvalue weighted by Gasteiger charge is -2.07. The van der Waals surface area contributed by atoms with E-state index in [1.807, 2.05) is 0 Å². The van der Waals surface area contributed by atoms with Gasteiger partial charge in [-0.05, 0) is 6.42 Å². The molecule has 0 aromatic carbocycles. The first-order valence-electron chi connectivity index (χ1n) is 3.30. The fraction of sp³-hybridized carbons (Fsp3) is 0.429. The predicted molar refractivity (Wildman–Crippen MR) is 45.7 cm³/mol. The van der Waals surface area contributed by atoms with E-state index in [4.69, 9.17) is 4.89 Å². The van der Waals surface area contributed by atoms with E-state index in [0.29, 0.717) is 6.42 Å². The average Bonchev–Trinajstić information content (AvgIpc) is 1.87. The Balaban J connectivity index is 3.63. The van der Waals surface area contributed by atoms with Crippen LogP contribution in [-0.2, 0) is 9.09 Å². The third kappa shape index (κ3) is 6.05. The Morgan fingerprint density at radius 2 is 2.09 bits per heavy atom. The molecule has 0 saturated heterocycles. The van der Waals surface area contributed by atoms with Crippen molar-refractivity contribution in [3.05, 3.63) is 25.3 Å². The van der Waals surface area contributed by atoms with E-state index in [9.17, 15) is 4.57 Å². The highest BCUT2D eigenvalue weighted by Gasteiger charge is 2.15. The van der Waals surface area contributed by atoms with E-state index in [1.165, 1.54) is 6.08 Å². The van der Waals surface area contributed by atoms with Gasteiger partial charge in [-0.1, -0.05) is 12.2 Å². The monoisotopic (exact) mass is 176 g/mol. The Morgan fingerprint density at radius 1 is 1.45 bits per heavy atom. The van der Waals surface area contributed by atoms with Gasteiger partial charge in [0.25, 0.3) is 0 Å². The Labute approximate surface area is 66.9 Å². The lowest BCUT2D eigenvalue weighted by atomic mass is 10.5. The maximum Gasteiger partial charge on any atom is 0.331 e. The number of allylic oxidation sites excluding steroid dienone is 1. The zero-order valence-corrected chi connectivity index (χ0v) is 7.30. The van der Waals surface area contributed by atoms with E-state index in [-0.39, 0.29) is 12.8 Å². The van der Waals surface area contributed by atoms with Crippen LogP contribution in [0.4, 0.5) is 0 Å². The molecule has 1 atom stereocenters. The van der Waals surface area contributed by atoms with Crippen LogP contribution in [-0.4, -0.2) is 17.7 Å². The van der Waals surface area contributed by atoms with Crippen molar-refractivity contribution in [2.75, 3.05) is 12.8 Å². The summed E-state index contributed by atoms with van der Waals surface area (Å²) in [4.78, 5) is 8.97. The van der Waals surface area contributed by atoms with Gasteiger partial charge in [0.05, 0.1) is 12.8 Å². The molecule has 0 spiro atoms. The molecule has 1 unspecified atom stereocenters. The van der Waals surface area contributed by atoms with E-state index in [2.05, 4.69) is 17.7 Å². The van der Waals surface area contributed by atoms with E-state index >= 15 is 0 Å². The minimum absolute atomic E-state index is 0.00411. The van der Waals surface area contributed by atoms with Crippen molar-refractivity contribution in [2.45, 2.75) is 6.42 Å². The van der Waals surface area contributed by atoms with Crippen LogP contribution in [0.15, 0.2) is 25.3 Å². The van der Waals surface area contributed by atoms with Gasteiger partial charge in [0.2, 0.25) is 0 Å². The topological polar surface area (TPSA) is 46.5 Å². The Kier molecular flexibility index (Phi) is 5.12. The highest BCUT2D eigenvalue weighted by Crippen LogP contribution is 2.41. The summed E-state index contributed by atoms with van der Waals surface area (Å²) < 4.78 is 15.6. The summed E-state index contributed by atoms with van der Waals surface area (Å²) in [5.41, 5.74) is 0. The van der Waals surface area contributed by atoms with Gasteiger partial charge in [0.15, 0.2) is 0 Å². The molecule has 0 aliphatic rings. The van der Waals surface area contributed by atoms with Gasteiger partial charge >= 0.3 is 7.60 Å². The molecular weight excluding hydrogens is 163 g/mol. The maximum atomic E-state index is 10.9. The van der Waals surface area contributed by atoms with Crippen molar-refractivity contribution in [2.24, 2.45) is 0 Å². The van der Waals surface area contributed by atoms with Crippen LogP contribution in [0.3, 0.4) is 0 Å². The van der Waals surface area contributed by atoms with Gasteiger partial charge in [-0.25, -0.2) is 0 Å². The van der Waals surface area contributed by atoms with Crippen LogP contribution in [0, 0.1) is 0 Å². The smallest absolute Gasteiger partial charge is 0.324 e. The fourth-order valence-corrected chi connectivity index (χ4v) is 1.32. The SMILES string of the molecule is C=CCCOP(=O)(O)CC=C. The number of hydrogen-bond donors (Lipinski definition) is 1. The zero-order chi connectivity index (χ0) is 8.74.